The highest BCUT2D eigenvalue weighted by Crippen LogP contribution is 2.20. The van der Waals surface area contributed by atoms with Crippen LogP contribution in [0.5, 0.6) is 0 Å². The Morgan fingerprint density at radius 3 is 2.63 bits per heavy atom. The molecule has 1 amide bonds. The fraction of sp³-hybridized carbons (Fsp3) is 0.143. The van der Waals surface area contributed by atoms with Crippen LogP contribution in [0.4, 0.5) is 15.9 Å². The molecule has 0 spiro atoms. The van der Waals surface area contributed by atoms with Crippen molar-refractivity contribution in [3.8, 4) is 0 Å². The number of amides is 1. The highest BCUT2D eigenvalue weighted by Gasteiger charge is 2.17. The smallest absolute Gasteiger partial charge is 0.258 e. The lowest BCUT2D eigenvalue weighted by atomic mass is 10.2. The summed E-state index contributed by atoms with van der Waals surface area (Å²) in [5.74, 6) is -0.510. The van der Waals surface area contributed by atoms with E-state index in [-0.39, 0.29) is 17.4 Å². The quantitative estimate of drug-likeness (QED) is 0.900. The Balaban J connectivity index is 2.36. The van der Waals surface area contributed by atoms with Crippen molar-refractivity contribution in [2.45, 2.75) is 6.92 Å². The zero-order valence-corrected chi connectivity index (χ0v) is 10.7. The lowest BCUT2D eigenvalue weighted by molar-refractivity contribution is 0.0992. The molecular formula is C14H14FN3O. The highest BCUT2D eigenvalue weighted by molar-refractivity contribution is 6.06. The highest BCUT2D eigenvalue weighted by atomic mass is 19.1. The minimum absolute atomic E-state index is 0.223. The predicted octanol–water partition coefficient (Wildman–Crippen LogP) is 2.39. The van der Waals surface area contributed by atoms with E-state index in [1.165, 1.54) is 24.1 Å². The number of para-hydroxylation sites is 1. The summed E-state index contributed by atoms with van der Waals surface area (Å²) < 4.78 is 13.6. The van der Waals surface area contributed by atoms with Gasteiger partial charge in [-0.25, -0.2) is 9.37 Å². The van der Waals surface area contributed by atoms with Crippen molar-refractivity contribution < 1.29 is 9.18 Å². The second-order valence-electron chi connectivity index (χ2n) is 4.24. The number of aryl methyl sites for hydroxylation is 1. The Bertz CT molecular complexity index is 608. The number of hydrogen-bond donors (Lipinski definition) is 1. The molecular weight excluding hydrogens is 245 g/mol. The van der Waals surface area contributed by atoms with E-state index in [2.05, 4.69) is 4.98 Å². The van der Waals surface area contributed by atoms with Gasteiger partial charge in [-0.2, -0.15) is 0 Å². The van der Waals surface area contributed by atoms with Crippen LogP contribution in [0.1, 0.15) is 16.1 Å². The molecule has 98 valence electrons. The Kier molecular flexibility index (Phi) is 3.46. The minimum Gasteiger partial charge on any atom is -0.384 e. The molecule has 1 aromatic carbocycles. The summed E-state index contributed by atoms with van der Waals surface area (Å²) in [5, 5.41) is 0. The number of carbonyl (C=O) groups is 1. The van der Waals surface area contributed by atoms with E-state index < -0.39 is 5.82 Å². The summed E-state index contributed by atoms with van der Waals surface area (Å²) in [7, 11) is 1.52. The lowest BCUT2D eigenvalue weighted by Crippen LogP contribution is -2.27. The van der Waals surface area contributed by atoms with Crippen LogP contribution in [0.15, 0.2) is 36.4 Å². The largest absolute Gasteiger partial charge is 0.384 e. The van der Waals surface area contributed by atoms with E-state index in [1.807, 2.05) is 0 Å². The first-order chi connectivity index (χ1) is 8.99. The number of nitrogens with zero attached hydrogens (tertiary/aromatic N) is 2. The first kappa shape index (κ1) is 13.0. The van der Waals surface area contributed by atoms with Gasteiger partial charge in [0, 0.05) is 18.3 Å². The van der Waals surface area contributed by atoms with Crippen LogP contribution in [-0.4, -0.2) is 17.9 Å². The number of hydrogen-bond acceptors (Lipinski definition) is 3. The van der Waals surface area contributed by atoms with Gasteiger partial charge in [0.05, 0.1) is 5.69 Å². The molecule has 1 aromatic heterocycles. The minimum atomic E-state index is -0.447. The van der Waals surface area contributed by atoms with Crippen molar-refractivity contribution in [1.29, 1.82) is 0 Å². The number of halogens is 1. The van der Waals surface area contributed by atoms with Gasteiger partial charge >= 0.3 is 0 Å². The van der Waals surface area contributed by atoms with Gasteiger partial charge in [-0.05, 0) is 31.2 Å². The summed E-state index contributed by atoms with van der Waals surface area (Å²) in [6, 6.07) is 9.21. The van der Waals surface area contributed by atoms with Crippen LogP contribution >= 0.6 is 0 Å². The maximum absolute atomic E-state index is 13.6. The molecule has 0 saturated carbocycles. The Morgan fingerprint density at radius 2 is 2.00 bits per heavy atom. The molecule has 0 aliphatic rings. The normalized spacial score (nSPS) is 10.3. The van der Waals surface area contributed by atoms with E-state index in [9.17, 15) is 9.18 Å². The number of rotatable bonds is 2. The first-order valence-electron chi connectivity index (χ1n) is 5.76. The van der Waals surface area contributed by atoms with Gasteiger partial charge in [0.2, 0.25) is 0 Å². The molecule has 1 heterocycles. The molecule has 4 nitrogen and oxygen atoms in total. The second kappa shape index (κ2) is 5.06. The molecule has 0 atom stereocenters. The summed E-state index contributed by atoms with van der Waals surface area (Å²) in [6.45, 7) is 1.75. The molecule has 0 bridgehead atoms. The molecule has 0 saturated heterocycles. The molecule has 5 heteroatoms. The van der Waals surface area contributed by atoms with Crippen molar-refractivity contribution in [3.05, 3.63) is 53.5 Å². The third-order valence-corrected chi connectivity index (χ3v) is 2.74. The van der Waals surface area contributed by atoms with Crippen molar-refractivity contribution >= 4 is 17.4 Å². The summed E-state index contributed by atoms with van der Waals surface area (Å²) in [6.07, 6.45) is 0. The molecule has 0 unspecified atom stereocenters. The molecule has 19 heavy (non-hydrogen) atoms. The van der Waals surface area contributed by atoms with Crippen LogP contribution < -0.4 is 10.6 Å². The number of nitrogens with two attached hydrogens (primary N) is 1. The fourth-order valence-corrected chi connectivity index (χ4v) is 1.84. The van der Waals surface area contributed by atoms with Crippen LogP contribution in [0.2, 0.25) is 0 Å². The predicted molar refractivity (Wildman–Crippen MR) is 72.5 cm³/mol. The standard InChI is InChI=1S/C14H14FN3O/c1-9-7-10(8-13(16)17-9)14(19)18(2)12-6-4-3-5-11(12)15/h3-8H,1-2H3,(H2,16,17). The van der Waals surface area contributed by atoms with Gasteiger partial charge in [0.1, 0.15) is 11.6 Å². The number of benzene rings is 1. The fourth-order valence-electron chi connectivity index (χ4n) is 1.84. The van der Waals surface area contributed by atoms with E-state index in [1.54, 1.807) is 31.2 Å². The second-order valence-corrected chi connectivity index (χ2v) is 4.24. The average molecular weight is 259 g/mol. The van der Waals surface area contributed by atoms with Gasteiger partial charge < -0.3 is 10.6 Å². The number of aromatic nitrogens is 1. The first-order valence-corrected chi connectivity index (χ1v) is 5.76. The lowest BCUT2D eigenvalue weighted by Gasteiger charge is -2.18. The maximum atomic E-state index is 13.6. The summed E-state index contributed by atoms with van der Waals surface area (Å²) in [5.41, 5.74) is 6.86. The zero-order chi connectivity index (χ0) is 14.0. The van der Waals surface area contributed by atoms with Crippen LogP contribution in [0.25, 0.3) is 0 Å². The molecule has 0 aliphatic carbocycles. The molecule has 2 aromatic rings. The number of pyridine rings is 1. The van der Waals surface area contributed by atoms with Crippen molar-refractivity contribution in [1.82, 2.24) is 4.98 Å². The van der Waals surface area contributed by atoms with Gasteiger partial charge in [-0.15, -0.1) is 0 Å². The molecule has 0 aliphatic heterocycles. The van der Waals surface area contributed by atoms with Gasteiger partial charge in [-0.3, -0.25) is 4.79 Å². The topological polar surface area (TPSA) is 59.2 Å². The number of anilines is 2. The maximum Gasteiger partial charge on any atom is 0.258 e. The zero-order valence-electron chi connectivity index (χ0n) is 10.7. The van der Waals surface area contributed by atoms with E-state index in [0.717, 1.165) is 0 Å². The molecule has 2 N–H and O–H groups in total. The van der Waals surface area contributed by atoms with E-state index in [4.69, 9.17) is 5.73 Å². The summed E-state index contributed by atoms with van der Waals surface area (Å²) in [4.78, 5) is 17.5. The van der Waals surface area contributed by atoms with Gasteiger partial charge in [-0.1, -0.05) is 12.1 Å². The Morgan fingerprint density at radius 1 is 1.32 bits per heavy atom. The molecule has 0 fully saturated rings. The van der Waals surface area contributed by atoms with E-state index >= 15 is 0 Å². The Labute approximate surface area is 110 Å². The van der Waals surface area contributed by atoms with Crippen LogP contribution in [0, 0.1) is 12.7 Å². The average Bonchev–Trinajstić information content (AvgIpc) is 2.36. The monoisotopic (exact) mass is 259 g/mol. The molecule has 0 radical (unpaired) electrons. The van der Waals surface area contributed by atoms with Crippen molar-refractivity contribution in [2.24, 2.45) is 0 Å². The Hall–Kier alpha value is -2.43. The third kappa shape index (κ3) is 2.70. The molecule has 2 rings (SSSR count). The number of carbonyl (C=O) groups excluding carboxylic acids is 1. The van der Waals surface area contributed by atoms with Crippen molar-refractivity contribution in [2.75, 3.05) is 17.7 Å². The third-order valence-electron chi connectivity index (χ3n) is 2.74. The van der Waals surface area contributed by atoms with Crippen molar-refractivity contribution in [3.63, 3.8) is 0 Å². The van der Waals surface area contributed by atoms with Crippen LogP contribution in [-0.2, 0) is 0 Å². The van der Waals surface area contributed by atoms with Crippen LogP contribution in [0.3, 0.4) is 0 Å². The van der Waals surface area contributed by atoms with E-state index in [0.29, 0.717) is 11.3 Å². The number of nitrogen functional groups attached to an aromatic ring is 1. The SMILES string of the molecule is Cc1cc(C(=O)N(C)c2ccccc2F)cc(N)n1. The van der Waals surface area contributed by atoms with Gasteiger partial charge in [0.25, 0.3) is 5.91 Å². The van der Waals surface area contributed by atoms with Gasteiger partial charge in [0.15, 0.2) is 0 Å². The summed E-state index contributed by atoms with van der Waals surface area (Å²) >= 11 is 0.